The average Bonchev–Trinajstić information content (AvgIpc) is 2.32. The predicted molar refractivity (Wildman–Crippen MR) is 64.4 cm³/mol. The smallest absolute Gasteiger partial charge is 0.153 e. The lowest BCUT2D eigenvalue weighted by Crippen LogP contribution is -1.95. The number of carbonyl (C=O) groups excluding carboxylic acids is 1. The van der Waals surface area contributed by atoms with Crippen LogP contribution in [0.15, 0.2) is 30.5 Å². The van der Waals surface area contributed by atoms with E-state index in [4.69, 9.17) is 17.3 Å². The number of anilines is 1. The summed E-state index contributed by atoms with van der Waals surface area (Å²) in [5, 5.41) is 0.267. The Bertz CT molecular complexity index is 587. The summed E-state index contributed by atoms with van der Waals surface area (Å²) in [5.41, 5.74) is 6.45. The number of hydrogen-bond donors (Lipinski definition) is 1. The van der Waals surface area contributed by atoms with Crippen molar-refractivity contribution >= 4 is 23.7 Å². The summed E-state index contributed by atoms with van der Waals surface area (Å²) >= 11 is 5.83. The third kappa shape index (κ3) is 2.12. The van der Waals surface area contributed by atoms with Gasteiger partial charge in [-0.05, 0) is 17.7 Å². The highest BCUT2D eigenvalue weighted by Crippen LogP contribution is 2.28. The molecule has 0 bridgehead atoms. The number of nitrogens with two attached hydrogens (primary N) is 1. The lowest BCUT2D eigenvalue weighted by molar-refractivity contribution is 0.112. The van der Waals surface area contributed by atoms with Crippen LogP contribution in [0.2, 0.25) is 5.02 Å². The number of carbonyl (C=O) groups is 1. The van der Waals surface area contributed by atoms with Gasteiger partial charge in [-0.2, -0.15) is 0 Å². The number of hydrogen-bond acceptors (Lipinski definition) is 3. The largest absolute Gasteiger partial charge is 0.382 e. The molecule has 0 aliphatic heterocycles. The molecule has 2 rings (SSSR count). The van der Waals surface area contributed by atoms with Crippen molar-refractivity contribution in [2.24, 2.45) is 0 Å². The molecule has 1 heterocycles. The van der Waals surface area contributed by atoms with Crippen molar-refractivity contribution in [2.45, 2.75) is 0 Å². The molecule has 0 amide bonds. The minimum atomic E-state index is -0.578. The van der Waals surface area contributed by atoms with Crippen molar-refractivity contribution in [1.29, 1.82) is 0 Å². The molecule has 3 nitrogen and oxygen atoms in total. The van der Waals surface area contributed by atoms with Crippen LogP contribution in [0.25, 0.3) is 11.1 Å². The molecule has 0 radical (unpaired) electrons. The Morgan fingerprint density at radius 3 is 2.82 bits per heavy atom. The molecule has 0 saturated heterocycles. The van der Waals surface area contributed by atoms with Crippen LogP contribution in [-0.4, -0.2) is 11.3 Å². The molecule has 2 N–H and O–H groups in total. The molecule has 0 aliphatic carbocycles. The van der Waals surface area contributed by atoms with E-state index in [9.17, 15) is 9.18 Å². The van der Waals surface area contributed by atoms with Crippen molar-refractivity contribution in [3.63, 3.8) is 0 Å². The highest BCUT2D eigenvalue weighted by molar-refractivity contribution is 6.33. The Hall–Kier alpha value is -1.94. The van der Waals surface area contributed by atoms with Crippen LogP contribution in [0.3, 0.4) is 0 Å². The fourth-order valence-corrected chi connectivity index (χ4v) is 1.67. The zero-order valence-corrected chi connectivity index (χ0v) is 9.41. The molecule has 5 heteroatoms. The number of rotatable bonds is 2. The van der Waals surface area contributed by atoms with Gasteiger partial charge in [-0.15, -0.1) is 0 Å². The molecular formula is C12H8ClFN2O. The van der Waals surface area contributed by atoms with E-state index in [1.165, 1.54) is 18.3 Å². The summed E-state index contributed by atoms with van der Waals surface area (Å²) < 4.78 is 13.4. The summed E-state index contributed by atoms with van der Waals surface area (Å²) in [4.78, 5) is 14.7. The first-order chi connectivity index (χ1) is 8.13. The van der Waals surface area contributed by atoms with Gasteiger partial charge in [0.1, 0.15) is 11.6 Å². The second-order valence-corrected chi connectivity index (χ2v) is 3.82. The van der Waals surface area contributed by atoms with Gasteiger partial charge in [-0.25, -0.2) is 9.37 Å². The maximum Gasteiger partial charge on any atom is 0.153 e. The number of aromatic nitrogens is 1. The molecule has 0 atom stereocenters. The van der Waals surface area contributed by atoms with Crippen molar-refractivity contribution < 1.29 is 9.18 Å². The van der Waals surface area contributed by atoms with Gasteiger partial charge in [-0.1, -0.05) is 23.7 Å². The van der Waals surface area contributed by atoms with Crippen LogP contribution in [0, 0.1) is 5.82 Å². The van der Waals surface area contributed by atoms with Gasteiger partial charge < -0.3 is 5.73 Å². The second kappa shape index (κ2) is 4.51. The van der Waals surface area contributed by atoms with Gasteiger partial charge in [0.25, 0.3) is 0 Å². The van der Waals surface area contributed by atoms with Gasteiger partial charge in [0.2, 0.25) is 0 Å². The minimum absolute atomic E-state index is 0.0184. The SMILES string of the molecule is Nc1ncc(-c2cccc(F)c2C=O)cc1Cl. The molecule has 0 saturated carbocycles. The first-order valence-electron chi connectivity index (χ1n) is 4.78. The van der Waals surface area contributed by atoms with Crippen molar-refractivity contribution in [1.82, 2.24) is 4.98 Å². The first-order valence-corrected chi connectivity index (χ1v) is 5.16. The van der Waals surface area contributed by atoms with Gasteiger partial charge in [0.05, 0.1) is 10.6 Å². The number of halogens is 2. The van der Waals surface area contributed by atoms with E-state index >= 15 is 0 Å². The van der Waals surface area contributed by atoms with Crippen LogP contribution in [0.5, 0.6) is 0 Å². The summed E-state index contributed by atoms with van der Waals surface area (Å²) in [6, 6.07) is 5.91. The Labute approximate surface area is 102 Å². The molecule has 17 heavy (non-hydrogen) atoms. The normalized spacial score (nSPS) is 10.2. The predicted octanol–water partition coefficient (Wildman–Crippen LogP) is 2.94. The van der Waals surface area contributed by atoms with E-state index < -0.39 is 5.82 Å². The fourth-order valence-electron chi connectivity index (χ4n) is 1.50. The lowest BCUT2D eigenvalue weighted by Gasteiger charge is -2.06. The van der Waals surface area contributed by atoms with E-state index in [2.05, 4.69) is 4.98 Å². The molecule has 86 valence electrons. The van der Waals surface area contributed by atoms with Gasteiger partial charge in [-0.3, -0.25) is 4.79 Å². The Morgan fingerprint density at radius 2 is 2.18 bits per heavy atom. The Kier molecular flexibility index (Phi) is 3.06. The highest BCUT2D eigenvalue weighted by atomic mass is 35.5. The van der Waals surface area contributed by atoms with E-state index in [0.29, 0.717) is 17.4 Å². The lowest BCUT2D eigenvalue weighted by atomic mass is 10.0. The second-order valence-electron chi connectivity index (χ2n) is 3.41. The van der Waals surface area contributed by atoms with Gasteiger partial charge in [0.15, 0.2) is 6.29 Å². The Balaban J connectivity index is 2.64. The number of nitrogen functional groups attached to an aromatic ring is 1. The third-order valence-corrected chi connectivity index (χ3v) is 2.65. The van der Waals surface area contributed by atoms with E-state index in [1.54, 1.807) is 12.1 Å². The zero-order chi connectivity index (χ0) is 12.4. The summed E-state index contributed by atoms with van der Waals surface area (Å²) in [7, 11) is 0. The standard InChI is InChI=1S/C12H8ClFN2O/c13-10-4-7(5-16-12(10)15)8-2-1-3-11(14)9(8)6-17/h1-6H,(H2,15,16). The molecule has 1 aromatic heterocycles. The van der Waals surface area contributed by atoms with Crippen LogP contribution < -0.4 is 5.73 Å². The van der Waals surface area contributed by atoms with Crippen LogP contribution in [0.4, 0.5) is 10.2 Å². The fraction of sp³-hybridized carbons (Fsp3) is 0. The summed E-state index contributed by atoms with van der Waals surface area (Å²) in [6.07, 6.45) is 1.91. The van der Waals surface area contributed by atoms with Gasteiger partial charge in [0, 0.05) is 11.8 Å². The molecular weight excluding hydrogens is 243 g/mol. The quantitative estimate of drug-likeness (QED) is 0.834. The molecule has 0 aliphatic rings. The number of pyridine rings is 1. The Morgan fingerprint density at radius 1 is 1.41 bits per heavy atom. The molecule has 1 aromatic carbocycles. The van der Waals surface area contributed by atoms with Crippen molar-refractivity contribution in [3.05, 3.63) is 46.9 Å². The minimum Gasteiger partial charge on any atom is -0.382 e. The summed E-state index contributed by atoms with van der Waals surface area (Å²) in [6.45, 7) is 0. The van der Waals surface area contributed by atoms with Crippen molar-refractivity contribution in [2.75, 3.05) is 5.73 Å². The first kappa shape index (κ1) is 11.5. The van der Waals surface area contributed by atoms with Crippen LogP contribution >= 0.6 is 11.6 Å². The topological polar surface area (TPSA) is 56.0 Å². The number of aldehydes is 1. The molecule has 0 spiro atoms. The molecule has 0 fully saturated rings. The molecule has 0 unspecified atom stereocenters. The maximum atomic E-state index is 13.4. The van der Waals surface area contributed by atoms with E-state index in [-0.39, 0.29) is 16.4 Å². The number of nitrogens with zero attached hydrogens (tertiary/aromatic N) is 1. The van der Waals surface area contributed by atoms with Crippen molar-refractivity contribution in [3.8, 4) is 11.1 Å². The highest BCUT2D eigenvalue weighted by Gasteiger charge is 2.10. The van der Waals surface area contributed by atoms with E-state index in [1.807, 2.05) is 0 Å². The number of benzene rings is 1. The van der Waals surface area contributed by atoms with Crippen LogP contribution in [0.1, 0.15) is 10.4 Å². The zero-order valence-electron chi connectivity index (χ0n) is 8.65. The maximum absolute atomic E-state index is 13.4. The van der Waals surface area contributed by atoms with E-state index in [0.717, 1.165) is 0 Å². The summed E-state index contributed by atoms with van der Waals surface area (Å²) in [5.74, 6) is -0.384. The van der Waals surface area contributed by atoms with Gasteiger partial charge >= 0.3 is 0 Å². The monoisotopic (exact) mass is 250 g/mol. The third-order valence-electron chi connectivity index (χ3n) is 2.35. The van der Waals surface area contributed by atoms with Crippen LogP contribution in [-0.2, 0) is 0 Å². The molecule has 2 aromatic rings. The average molecular weight is 251 g/mol.